The molecule has 0 unspecified atom stereocenters. The van der Waals surface area contributed by atoms with Gasteiger partial charge in [-0.2, -0.15) is 5.10 Å². The molecule has 1 N–H and O–H groups in total. The molecular formula is C12H14FN3O. The Balaban J connectivity index is 2.05. The van der Waals surface area contributed by atoms with Crippen LogP contribution in [0.5, 0.6) is 5.88 Å². The van der Waals surface area contributed by atoms with E-state index < -0.39 is 0 Å². The van der Waals surface area contributed by atoms with Crippen LogP contribution in [0.2, 0.25) is 0 Å². The third kappa shape index (κ3) is 2.55. The van der Waals surface area contributed by atoms with E-state index in [4.69, 9.17) is 4.74 Å². The molecule has 1 aromatic carbocycles. The van der Waals surface area contributed by atoms with E-state index in [9.17, 15) is 4.39 Å². The molecule has 17 heavy (non-hydrogen) atoms. The number of halogens is 1. The lowest BCUT2D eigenvalue weighted by Gasteiger charge is -2.03. The van der Waals surface area contributed by atoms with E-state index >= 15 is 0 Å². The number of ether oxygens (including phenoxy) is 1. The molecule has 2 rings (SSSR count). The van der Waals surface area contributed by atoms with Gasteiger partial charge in [-0.25, -0.2) is 9.07 Å². The lowest BCUT2D eigenvalue weighted by Crippen LogP contribution is -2.02. The highest BCUT2D eigenvalue weighted by Crippen LogP contribution is 2.16. The molecule has 0 saturated carbocycles. The van der Waals surface area contributed by atoms with E-state index in [0.717, 1.165) is 0 Å². The summed E-state index contributed by atoms with van der Waals surface area (Å²) in [5.41, 5.74) is 0.608. The van der Waals surface area contributed by atoms with Gasteiger partial charge in [-0.3, -0.25) is 0 Å². The van der Waals surface area contributed by atoms with Crippen LogP contribution in [0.15, 0.2) is 30.3 Å². The van der Waals surface area contributed by atoms with Crippen LogP contribution in [-0.2, 0) is 13.6 Å². The van der Waals surface area contributed by atoms with Crippen LogP contribution < -0.4 is 10.1 Å². The average Bonchev–Trinajstić information content (AvgIpc) is 2.69. The minimum absolute atomic E-state index is 0.220. The molecule has 1 heterocycles. The number of methoxy groups -OCH3 is 1. The van der Waals surface area contributed by atoms with Crippen molar-refractivity contribution in [1.29, 1.82) is 0 Å². The van der Waals surface area contributed by atoms with Gasteiger partial charge in [-0.1, -0.05) is 18.2 Å². The Morgan fingerprint density at radius 1 is 1.41 bits per heavy atom. The molecule has 0 radical (unpaired) electrons. The maximum Gasteiger partial charge on any atom is 0.213 e. The van der Waals surface area contributed by atoms with E-state index in [1.165, 1.54) is 6.07 Å². The molecule has 90 valence electrons. The quantitative estimate of drug-likeness (QED) is 0.882. The summed E-state index contributed by atoms with van der Waals surface area (Å²) in [5.74, 6) is 1.09. The number of aromatic nitrogens is 2. The number of benzene rings is 1. The van der Waals surface area contributed by atoms with Crippen LogP contribution in [-0.4, -0.2) is 16.9 Å². The molecule has 0 aliphatic heterocycles. The summed E-state index contributed by atoms with van der Waals surface area (Å²) in [6.07, 6.45) is 0. The fraction of sp³-hybridized carbons (Fsp3) is 0.250. The van der Waals surface area contributed by atoms with Gasteiger partial charge in [-0.05, 0) is 6.07 Å². The Kier molecular flexibility index (Phi) is 3.27. The summed E-state index contributed by atoms with van der Waals surface area (Å²) in [6, 6.07) is 8.42. The highest BCUT2D eigenvalue weighted by atomic mass is 19.1. The maximum absolute atomic E-state index is 13.4. The summed E-state index contributed by atoms with van der Waals surface area (Å²) >= 11 is 0. The summed E-state index contributed by atoms with van der Waals surface area (Å²) in [7, 11) is 3.37. The first-order valence-electron chi connectivity index (χ1n) is 5.26. The number of aryl methyl sites for hydroxylation is 1. The van der Waals surface area contributed by atoms with Crippen LogP contribution in [0.3, 0.4) is 0 Å². The highest BCUT2D eigenvalue weighted by Gasteiger charge is 2.05. The second kappa shape index (κ2) is 4.86. The molecule has 1 aromatic heterocycles. The summed E-state index contributed by atoms with van der Waals surface area (Å²) in [6.45, 7) is 0.396. The van der Waals surface area contributed by atoms with Crippen LogP contribution in [0.4, 0.5) is 10.2 Å². The third-order valence-electron chi connectivity index (χ3n) is 2.46. The molecule has 0 bridgehead atoms. The Morgan fingerprint density at radius 3 is 2.82 bits per heavy atom. The standard InChI is InChI=1S/C12H14FN3O/c1-16-12(17-2)7-11(15-16)14-8-9-5-3-4-6-10(9)13/h3-7H,8H2,1-2H3,(H,14,15). The summed E-state index contributed by atoms with van der Waals surface area (Å²) in [5, 5.41) is 7.23. The Bertz CT molecular complexity index is 510. The molecule has 2 aromatic rings. The van der Waals surface area contributed by atoms with Gasteiger partial charge < -0.3 is 10.1 Å². The molecule has 0 spiro atoms. The molecule has 0 atom stereocenters. The lowest BCUT2D eigenvalue weighted by atomic mass is 10.2. The van der Waals surface area contributed by atoms with Gasteiger partial charge in [0.1, 0.15) is 5.82 Å². The van der Waals surface area contributed by atoms with E-state index in [-0.39, 0.29) is 5.82 Å². The SMILES string of the molecule is COc1cc(NCc2ccccc2F)nn1C. The number of rotatable bonds is 4. The van der Waals surface area contributed by atoms with E-state index in [1.807, 2.05) is 0 Å². The van der Waals surface area contributed by atoms with Gasteiger partial charge in [0.25, 0.3) is 0 Å². The second-order valence-electron chi connectivity index (χ2n) is 3.64. The predicted octanol–water partition coefficient (Wildman–Crippen LogP) is 2.18. The van der Waals surface area contributed by atoms with Gasteiger partial charge in [0.2, 0.25) is 5.88 Å². The van der Waals surface area contributed by atoms with Crippen molar-refractivity contribution in [3.8, 4) is 5.88 Å². The minimum Gasteiger partial charge on any atom is -0.481 e. The first-order valence-corrected chi connectivity index (χ1v) is 5.26. The van der Waals surface area contributed by atoms with Crippen LogP contribution in [0, 0.1) is 5.82 Å². The largest absolute Gasteiger partial charge is 0.481 e. The first kappa shape index (κ1) is 11.4. The molecule has 0 amide bonds. The average molecular weight is 235 g/mol. The van der Waals surface area contributed by atoms with Crippen molar-refractivity contribution < 1.29 is 9.13 Å². The molecule has 5 heteroatoms. The highest BCUT2D eigenvalue weighted by molar-refractivity contribution is 5.39. The molecule has 0 saturated heterocycles. The maximum atomic E-state index is 13.4. The minimum atomic E-state index is -0.220. The smallest absolute Gasteiger partial charge is 0.213 e. The topological polar surface area (TPSA) is 39.1 Å². The summed E-state index contributed by atoms with van der Waals surface area (Å²) in [4.78, 5) is 0. The van der Waals surface area contributed by atoms with Gasteiger partial charge in [0.15, 0.2) is 5.82 Å². The van der Waals surface area contributed by atoms with Crippen molar-refractivity contribution in [3.63, 3.8) is 0 Å². The van der Waals surface area contributed by atoms with Crippen LogP contribution >= 0.6 is 0 Å². The van der Waals surface area contributed by atoms with Crippen molar-refractivity contribution in [2.24, 2.45) is 7.05 Å². The lowest BCUT2D eigenvalue weighted by molar-refractivity contribution is 0.373. The monoisotopic (exact) mass is 235 g/mol. The van der Waals surface area contributed by atoms with Crippen LogP contribution in [0.1, 0.15) is 5.56 Å². The number of nitrogens with one attached hydrogen (secondary N) is 1. The zero-order valence-electron chi connectivity index (χ0n) is 9.77. The van der Waals surface area contributed by atoms with Crippen molar-refractivity contribution in [3.05, 3.63) is 41.7 Å². The Hall–Kier alpha value is -2.04. The van der Waals surface area contributed by atoms with Crippen molar-refractivity contribution in [2.75, 3.05) is 12.4 Å². The summed E-state index contributed by atoms with van der Waals surface area (Å²) < 4.78 is 20.1. The molecule has 4 nitrogen and oxygen atoms in total. The van der Waals surface area contributed by atoms with Gasteiger partial charge in [-0.15, -0.1) is 0 Å². The molecule has 0 fully saturated rings. The van der Waals surface area contributed by atoms with Gasteiger partial charge >= 0.3 is 0 Å². The van der Waals surface area contributed by atoms with Crippen molar-refractivity contribution >= 4 is 5.82 Å². The Labute approximate surface area is 99.0 Å². The third-order valence-corrected chi connectivity index (χ3v) is 2.46. The number of hydrogen-bond donors (Lipinski definition) is 1. The van der Waals surface area contributed by atoms with Crippen molar-refractivity contribution in [1.82, 2.24) is 9.78 Å². The molecule has 0 aliphatic carbocycles. The van der Waals surface area contributed by atoms with Crippen LogP contribution in [0.25, 0.3) is 0 Å². The first-order chi connectivity index (χ1) is 8.20. The van der Waals surface area contributed by atoms with E-state index in [0.29, 0.717) is 23.8 Å². The van der Waals surface area contributed by atoms with E-state index in [1.54, 1.807) is 43.1 Å². The molecular weight excluding hydrogens is 221 g/mol. The number of hydrogen-bond acceptors (Lipinski definition) is 3. The fourth-order valence-corrected chi connectivity index (χ4v) is 1.56. The zero-order chi connectivity index (χ0) is 12.3. The number of nitrogens with zero attached hydrogens (tertiary/aromatic N) is 2. The fourth-order valence-electron chi connectivity index (χ4n) is 1.56. The predicted molar refractivity (Wildman–Crippen MR) is 63.5 cm³/mol. The Morgan fingerprint density at radius 2 is 2.18 bits per heavy atom. The van der Waals surface area contributed by atoms with E-state index in [2.05, 4.69) is 10.4 Å². The second-order valence-corrected chi connectivity index (χ2v) is 3.64. The van der Waals surface area contributed by atoms with Crippen molar-refractivity contribution in [2.45, 2.75) is 6.54 Å². The number of anilines is 1. The zero-order valence-corrected chi connectivity index (χ0v) is 9.77. The van der Waals surface area contributed by atoms with Gasteiger partial charge in [0, 0.05) is 25.2 Å². The normalized spacial score (nSPS) is 10.3. The van der Waals surface area contributed by atoms with Gasteiger partial charge in [0.05, 0.1) is 7.11 Å². The molecule has 0 aliphatic rings.